The molecule has 7 rings (SSSR count). The van der Waals surface area contributed by atoms with Gasteiger partial charge in [0.15, 0.2) is 0 Å². The fraction of sp³-hybridized carbons (Fsp3) is 0.367. The summed E-state index contributed by atoms with van der Waals surface area (Å²) in [6.45, 7) is 4.73. The van der Waals surface area contributed by atoms with Crippen molar-refractivity contribution in [1.29, 1.82) is 0 Å². The van der Waals surface area contributed by atoms with Crippen molar-refractivity contribution >= 4 is 39.5 Å². The maximum absolute atomic E-state index is 6.44. The predicted octanol–water partition coefficient (Wildman–Crippen LogP) is 5.03. The molecule has 39 heavy (non-hydrogen) atoms. The van der Waals surface area contributed by atoms with Gasteiger partial charge in [0.2, 0.25) is 5.95 Å². The largest absolute Gasteiger partial charge is 0.383 e. The van der Waals surface area contributed by atoms with E-state index in [2.05, 4.69) is 72.1 Å². The normalized spacial score (nSPS) is 21.1. The molecule has 2 aromatic carbocycles. The molecular formula is C30H35N9. The van der Waals surface area contributed by atoms with Gasteiger partial charge in [-0.2, -0.15) is 0 Å². The lowest BCUT2D eigenvalue weighted by Crippen LogP contribution is -2.49. The molecule has 1 aliphatic heterocycles. The summed E-state index contributed by atoms with van der Waals surface area (Å²) >= 11 is 0. The molecule has 0 unspecified atom stereocenters. The van der Waals surface area contributed by atoms with Gasteiger partial charge in [0.1, 0.15) is 17.8 Å². The van der Waals surface area contributed by atoms with E-state index in [4.69, 9.17) is 10.7 Å². The maximum Gasteiger partial charge on any atom is 0.205 e. The van der Waals surface area contributed by atoms with Gasteiger partial charge in [-0.05, 0) is 62.6 Å². The van der Waals surface area contributed by atoms with Crippen LogP contribution in [0.3, 0.4) is 0 Å². The Morgan fingerprint density at radius 1 is 0.897 bits per heavy atom. The van der Waals surface area contributed by atoms with Gasteiger partial charge in [0.05, 0.1) is 16.4 Å². The van der Waals surface area contributed by atoms with E-state index in [1.807, 2.05) is 24.3 Å². The monoisotopic (exact) mass is 521 g/mol. The summed E-state index contributed by atoms with van der Waals surface area (Å²) in [5.74, 6) is 1.26. The molecular weight excluding hydrogens is 486 g/mol. The van der Waals surface area contributed by atoms with Crippen LogP contribution < -0.4 is 11.1 Å². The Kier molecular flexibility index (Phi) is 6.17. The summed E-state index contributed by atoms with van der Waals surface area (Å²) in [7, 11) is 2.22. The van der Waals surface area contributed by atoms with Crippen LogP contribution in [0, 0.1) is 0 Å². The third-order valence-electron chi connectivity index (χ3n) is 8.60. The highest BCUT2D eigenvalue weighted by atomic mass is 15.3. The van der Waals surface area contributed by atoms with Crippen LogP contribution in [0.2, 0.25) is 0 Å². The maximum atomic E-state index is 6.44. The molecule has 4 N–H and O–H groups in total. The van der Waals surface area contributed by atoms with E-state index >= 15 is 0 Å². The predicted molar refractivity (Wildman–Crippen MR) is 157 cm³/mol. The fourth-order valence-corrected chi connectivity index (χ4v) is 6.38. The Hall–Kier alpha value is -3.95. The number of nitrogens with one attached hydrogen (secondary N) is 2. The molecule has 4 heterocycles. The Balaban J connectivity index is 1.12. The summed E-state index contributed by atoms with van der Waals surface area (Å²) < 4.78 is 2.36. The topological polar surface area (TPSA) is 104 Å². The Morgan fingerprint density at radius 2 is 1.64 bits per heavy atom. The standard InChI is InChI=1S/C30H35N9/c1-37-14-16-38(17-15-37)22-10-12-23(13-11-22)39-18-24(27-28(31)32-19-33-29(27)39)20-6-8-21(9-7-20)34-30-35-25-4-2-3-5-26(25)36-30/h2-9,18-19,22-23H,10-17H2,1H3,(H2,31,32,33)(H2,34,35,36)/t22-,23-. The van der Waals surface area contributed by atoms with Crippen LogP contribution in [-0.4, -0.2) is 73.6 Å². The number of nitrogens with zero attached hydrogens (tertiary/aromatic N) is 6. The van der Waals surface area contributed by atoms with Crippen molar-refractivity contribution in [2.75, 3.05) is 44.3 Å². The summed E-state index contributed by atoms with van der Waals surface area (Å²) in [5, 5.41) is 4.32. The minimum absolute atomic E-state index is 0.424. The van der Waals surface area contributed by atoms with Gasteiger partial charge in [0, 0.05) is 55.7 Å². The number of fused-ring (bicyclic) bond motifs is 2. The van der Waals surface area contributed by atoms with Crippen molar-refractivity contribution < 1.29 is 0 Å². The second-order valence-corrected chi connectivity index (χ2v) is 11.0. The third kappa shape index (κ3) is 4.62. The van der Waals surface area contributed by atoms with Crippen LogP contribution >= 0.6 is 0 Å². The number of hydrogen-bond donors (Lipinski definition) is 3. The molecule has 9 nitrogen and oxygen atoms in total. The molecule has 1 aliphatic carbocycles. The second-order valence-electron chi connectivity index (χ2n) is 11.0. The van der Waals surface area contributed by atoms with E-state index in [1.165, 1.54) is 39.0 Å². The molecule has 1 saturated heterocycles. The number of nitrogen functional groups attached to an aromatic ring is 1. The first kappa shape index (κ1) is 24.1. The van der Waals surface area contributed by atoms with Gasteiger partial charge < -0.3 is 25.5 Å². The van der Waals surface area contributed by atoms with Crippen LogP contribution in [0.5, 0.6) is 0 Å². The summed E-state index contributed by atoms with van der Waals surface area (Å²) in [5.41, 5.74) is 12.5. The smallest absolute Gasteiger partial charge is 0.205 e. The number of imidazole rings is 1. The highest BCUT2D eigenvalue weighted by Gasteiger charge is 2.30. The Labute approximate surface area is 228 Å². The quantitative estimate of drug-likeness (QED) is 0.298. The number of likely N-dealkylation sites (N-methyl/N-ethyl adjacent to an activating group) is 1. The number of H-pyrrole nitrogens is 1. The minimum Gasteiger partial charge on any atom is -0.383 e. The Bertz CT molecular complexity index is 1550. The van der Waals surface area contributed by atoms with Crippen LogP contribution in [0.25, 0.3) is 33.2 Å². The highest BCUT2D eigenvalue weighted by molar-refractivity contribution is 6.00. The number of aromatic amines is 1. The summed E-state index contributed by atoms with van der Waals surface area (Å²) in [6, 6.07) is 17.5. The van der Waals surface area contributed by atoms with Crippen molar-refractivity contribution in [3.8, 4) is 11.1 Å². The first-order valence-electron chi connectivity index (χ1n) is 14.0. The fourth-order valence-electron chi connectivity index (χ4n) is 6.38. The molecule has 1 saturated carbocycles. The van der Waals surface area contributed by atoms with Gasteiger partial charge in [-0.1, -0.05) is 24.3 Å². The van der Waals surface area contributed by atoms with E-state index in [-0.39, 0.29) is 0 Å². The average Bonchev–Trinajstić information content (AvgIpc) is 3.56. The molecule has 2 aliphatic rings. The number of piperazine rings is 1. The highest BCUT2D eigenvalue weighted by Crippen LogP contribution is 2.39. The molecule has 0 amide bonds. The minimum atomic E-state index is 0.424. The lowest BCUT2D eigenvalue weighted by atomic mass is 9.89. The van der Waals surface area contributed by atoms with Crippen molar-refractivity contribution in [1.82, 2.24) is 34.3 Å². The average molecular weight is 522 g/mol. The number of nitrogens with two attached hydrogens (primary N) is 1. The zero-order valence-corrected chi connectivity index (χ0v) is 22.3. The van der Waals surface area contributed by atoms with Crippen LogP contribution in [-0.2, 0) is 0 Å². The lowest BCUT2D eigenvalue weighted by molar-refractivity contribution is 0.0828. The van der Waals surface area contributed by atoms with Crippen molar-refractivity contribution in [2.45, 2.75) is 37.8 Å². The molecule has 200 valence electrons. The number of rotatable bonds is 5. The van der Waals surface area contributed by atoms with Gasteiger partial charge in [-0.15, -0.1) is 0 Å². The molecule has 3 aromatic heterocycles. The summed E-state index contributed by atoms with van der Waals surface area (Å²) in [4.78, 5) is 22.1. The number of benzene rings is 2. The second kappa shape index (κ2) is 9.98. The van der Waals surface area contributed by atoms with Crippen molar-refractivity contribution in [3.05, 3.63) is 61.1 Å². The molecule has 9 heteroatoms. The molecule has 0 atom stereocenters. The number of para-hydroxylation sites is 2. The molecule has 2 fully saturated rings. The van der Waals surface area contributed by atoms with Gasteiger partial charge in [-0.3, -0.25) is 4.90 Å². The van der Waals surface area contributed by atoms with Crippen molar-refractivity contribution in [3.63, 3.8) is 0 Å². The van der Waals surface area contributed by atoms with E-state index < -0.39 is 0 Å². The number of anilines is 3. The Morgan fingerprint density at radius 3 is 2.41 bits per heavy atom. The summed E-state index contributed by atoms with van der Waals surface area (Å²) in [6.07, 6.45) is 8.61. The third-order valence-corrected chi connectivity index (χ3v) is 8.60. The van der Waals surface area contributed by atoms with Crippen LogP contribution in [0.4, 0.5) is 17.5 Å². The zero-order chi connectivity index (χ0) is 26.3. The number of hydrogen-bond acceptors (Lipinski definition) is 7. The van der Waals surface area contributed by atoms with E-state index in [1.54, 1.807) is 6.33 Å². The van der Waals surface area contributed by atoms with Crippen LogP contribution in [0.15, 0.2) is 61.1 Å². The lowest BCUT2D eigenvalue weighted by Gasteiger charge is -2.41. The first-order chi connectivity index (χ1) is 19.1. The first-order valence-corrected chi connectivity index (χ1v) is 14.0. The molecule has 0 radical (unpaired) electrons. The van der Waals surface area contributed by atoms with Gasteiger partial charge >= 0.3 is 0 Å². The van der Waals surface area contributed by atoms with Crippen LogP contribution in [0.1, 0.15) is 31.7 Å². The van der Waals surface area contributed by atoms with E-state index in [0.717, 1.165) is 57.7 Å². The van der Waals surface area contributed by atoms with E-state index in [0.29, 0.717) is 17.9 Å². The van der Waals surface area contributed by atoms with Crippen molar-refractivity contribution in [2.24, 2.45) is 0 Å². The molecule has 0 bridgehead atoms. The van der Waals surface area contributed by atoms with Gasteiger partial charge in [0.25, 0.3) is 0 Å². The van der Waals surface area contributed by atoms with E-state index in [9.17, 15) is 0 Å². The SMILES string of the molecule is CN1CCN([C@H]2CC[C@H](n3cc(-c4ccc(Nc5nc6ccccc6[nH]5)cc4)c4c(N)ncnc43)CC2)CC1. The molecule has 5 aromatic rings. The molecule has 0 spiro atoms. The van der Waals surface area contributed by atoms with Gasteiger partial charge in [-0.25, -0.2) is 15.0 Å². The number of aromatic nitrogens is 5. The zero-order valence-electron chi connectivity index (χ0n) is 22.3.